The minimum Gasteiger partial charge on any atom is -0.465 e. The molecule has 0 saturated carbocycles. The summed E-state index contributed by atoms with van der Waals surface area (Å²) in [5.41, 5.74) is 1.84. The van der Waals surface area contributed by atoms with Gasteiger partial charge in [-0.25, -0.2) is 9.97 Å². The predicted octanol–water partition coefficient (Wildman–Crippen LogP) is 0.989. The van der Waals surface area contributed by atoms with Crippen LogP contribution in [0.1, 0.15) is 31.2 Å². The summed E-state index contributed by atoms with van der Waals surface area (Å²) in [5, 5.41) is 2.65. The first-order chi connectivity index (χ1) is 11.0. The molecule has 1 atom stereocenters. The molecule has 1 fully saturated rings. The van der Waals surface area contributed by atoms with Gasteiger partial charge in [-0.05, 0) is 39.7 Å². The number of anilines is 1. The second-order valence-corrected chi connectivity index (χ2v) is 5.76. The summed E-state index contributed by atoms with van der Waals surface area (Å²) in [7, 11) is 0. The molecule has 2 heterocycles. The van der Waals surface area contributed by atoms with Gasteiger partial charge in [0.25, 0.3) is 0 Å². The fraction of sp³-hybridized carbons (Fsp3) is 0.625. The molecule has 0 aromatic carbocycles. The van der Waals surface area contributed by atoms with Crippen LogP contribution in [0, 0.1) is 19.8 Å². The average molecular weight is 320 g/mol. The minimum absolute atomic E-state index is 0.0801. The number of hydrogen-bond acceptors (Lipinski definition) is 6. The third-order valence-corrected chi connectivity index (χ3v) is 3.76. The fourth-order valence-electron chi connectivity index (χ4n) is 2.74. The van der Waals surface area contributed by atoms with Gasteiger partial charge in [0.1, 0.15) is 6.54 Å². The Bertz CT molecular complexity index is 556. The second-order valence-electron chi connectivity index (χ2n) is 5.76. The molecule has 126 valence electrons. The van der Waals surface area contributed by atoms with Crippen molar-refractivity contribution in [1.82, 2.24) is 15.3 Å². The van der Waals surface area contributed by atoms with Crippen molar-refractivity contribution in [2.75, 3.05) is 31.1 Å². The summed E-state index contributed by atoms with van der Waals surface area (Å²) in [4.78, 5) is 34.5. The third-order valence-electron chi connectivity index (χ3n) is 3.76. The van der Waals surface area contributed by atoms with E-state index >= 15 is 0 Å². The number of rotatable bonds is 5. The molecule has 1 unspecified atom stereocenters. The molecule has 1 aromatic rings. The van der Waals surface area contributed by atoms with Crippen molar-refractivity contribution in [3.8, 4) is 0 Å². The van der Waals surface area contributed by atoms with Crippen LogP contribution in [0.5, 0.6) is 0 Å². The van der Waals surface area contributed by atoms with E-state index in [2.05, 4.69) is 15.3 Å². The van der Waals surface area contributed by atoms with Crippen molar-refractivity contribution >= 4 is 17.8 Å². The Balaban J connectivity index is 1.94. The number of carbonyl (C=O) groups is 2. The van der Waals surface area contributed by atoms with Crippen LogP contribution in [0.25, 0.3) is 0 Å². The van der Waals surface area contributed by atoms with E-state index in [1.165, 1.54) is 0 Å². The van der Waals surface area contributed by atoms with Crippen LogP contribution in [0.3, 0.4) is 0 Å². The van der Waals surface area contributed by atoms with Crippen molar-refractivity contribution in [3.63, 3.8) is 0 Å². The first kappa shape index (κ1) is 17.2. The summed E-state index contributed by atoms with van der Waals surface area (Å²) >= 11 is 0. The lowest BCUT2D eigenvalue weighted by Gasteiger charge is -2.32. The van der Waals surface area contributed by atoms with Crippen molar-refractivity contribution in [3.05, 3.63) is 17.5 Å². The zero-order valence-corrected chi connectivity index (χ0v) is 14.0. The molecule has 1 saturated heterocycles. The van der Waals surface area contributed by atoms with Crippen LogP contribution in [0.2, 0.25) is 0 Å². The largest absolute Gasteiger partial charge is 0.465 e. The maximum Gasteiger partial charge on any atom is 0.325 e. The van der Waals surface area contributed by atoms with Gasteiger partial charge in [-0.2, -0.15) is 0 Å². The smallest absolute Gasteiger partial charge is 0.325 e. The molecule has 7 heteroatoms. The molecule has 1 N–H and O–H groups in total. The molecule has 23 heavy (non-hydrogen) atoms. The number of hydrogen-bond donors (Lipinski definition) is 1. The van der Waals surface area contributed by atoms with Crippen LogP contribution in [-0.2, 0) is 14.3 Å². The monoisotopic (exact) mass is 320 g/mol. The molecule has 1 amide bonds. The molecule has 1 aliphatic rings. The number of nitrogens with zero attached hydrogens (tertiary/aromatic N) is 3. The summed E-state index contributed by atoms with van der Waals surface area (Å²) in [6.07, 6.45) is 1.70. The van der Waals surface area contributed by atoms with E-state index in [4.69, 9.17) is 4.74 Å². The van der Waals surface area contributed by atoms with Crippen LogP contribution in [-0.4, -0.2) is 48.1 Å². The van der Waals surface area contributed by atoms with E-state index < -0.39 is 5.97 Å². The van der Waals surface area contributed by atoms with Gasteiger partial charge >= 0.3 is 5.97 Å². The number of piperidine rings is 1. The normalized spacial score (nSPS) is 17.7. The van der Waals surface area contributed by atoms with Gasteiger partial charge < -0.3 is 15.0 Å². The maximum atomic E-state index is 12.2. The molecular formula is C16H24N4O3. The number of aromatic nitrogens is 2. The van der Waals surface area contributed by atoms with Gasteiger partial charge in [0.05, 0.1) is 12.5 Å². The molecule has 1 aliphatic heterocycles. The van der Waals surface area contributed by atoms with Crippen LogP contribution >= 0.6 is 0 Å². The van der Waals surface area contributed by atoms with Crippen molar-refractivity contribution < 1.29 is 14.3 Å². The lowest BCUT2D eigenvalue weighted by atomic mass is 9.97. The van der Waals surface area contributed by atoms with E-state index in [1.807, 2.05) is 24.8 Å². The predicted molar refractivity (Wildman–Crippen MR) is 86.1 cm³/mol. The Morgan fingerprint density at radius 1 is 1.35 bits per heavy atom. The number of amides is 1. The molecule has 0 aliphatic carbocycles. The number of nitrogens with one attached hydrogen (secondary N) is 1. The van der Waals surface area contributed by atoms with Crippen LogP contribution in [0.15, 0.2) is 6.07 Å². The topological polar surface area (TPSA) is 84.4 Å². The highest BCUT2D eigenvalue weighted by Gasteiger charge is 2.27. The van der Waals surface area contributed by atoms with Crippen LogP contribution in [0.4, 0.5) is 5.95 Å². The van der Waals surface area contributed by atoms with E-state index in [-0.39, 0.29) is 18.4 Å². The number of esters is 1. The van der Waals surface area contributed by atoms with Gasteiger partial charge in [-0.15, -0.1) is 0 Å². The number of aryl methyl sites for hydroxylation is 2. The molecule has 0 bridgehead atoms. The summed E-state index contributed by atoms with van der Waals surface area (Å²) < 4.78 is 4.81. The first-order valence-corrected chi connectivity index (χ1v) is 8.00. The molecule has 1 aromatic heterocycles. The van der Waals surface area contributed by atoms with Gasteiger partial charge in [-0.1, -0.05) is 0 Å². The van der Waals surface area contributed by atoms with Gasteiger partial charge in [-0.3, -0.25) is 9.59 Å². The zero-order chi connectivity index (χ0) is 16.8. The van der Waals surface area contributed by atoms with E-state index in [0.717, 1.165) is 30.8 Å². The molecule has 0 spiro atoms. The van der Waals surface area contributed by atoms with E-state index in [1.54, 1.807) is 6.92 Å². The SMILES string of the molecule is CCOC(=O)CNC(=O)C1CCCN(c2nc(C)cc(C)n2)C1. The highest BCUT2D eigenvalue weighted by Crippen LogP contribution is 2.21. The van der Waals surface area contributed by atoms with Crippen molar-refractivity contribution in [2.24, 2.45) is 5.92 Å². The van der Waals surface area contributed by atoms with E-state index in [0.29, 0.717) is 19.1 Å². The number of ether oxygens (including phenoxy) is 1. The fourth-order valence-corrected chi connectivity index (χ4v) is 2.74. The first-order valence-electron chi connectivity index (χ1n) is 8.00. The van der Waals surface area contributed by atoms with Crippen molar-refractivity contribution in [2.45, 2.75) is 33.6 Å². The summed E-state index contributed by atoms with van der Waals surface area (Å²) in [6.45, 7) is 7.25. The number of carbonyl (C=O) groups excluding carboxylic acids is 2. The van der Waals surface area contributed by atoms with Gasteiger partial charge in [0, 0.05) is 24.5 Å². The Kier molecular flexibility index (Phi) is 5.90. The van der Waals surface area contributed by atoms with E-state index in [9.17, 15) is 9.59 Å². The lowest BCUT2D eigenvalue weighted by Crippen LogP contribution is -2.45. The Hall–Kier alpha value is -2.18. The molecular weight excluding hydrogens is 296 g/mol. The lowest BCUT2D eigenvalue weighted by molar-refractivity contribution is -0.143. The van der Waals surface area contributed by atoms with Gasteiger partial charge in [0.2, 0.25) is 11.9 Å². The highest BCUT2D eigenvalue weighted by molar-refractivity contribution is 5.84. The highest BCUT2D eigenvalue weighted by atomic mass is 16.5. The molecule has 7 nitrogen and oxygen atoms in total. The summed E-state index contributed by atoms with van der Waals surface area (Å²) in [6, 6.07) is 1.93. The van der Waals surface area contributed by atoms with Gasteiger partial charge in [0.15, 0.2) is 0 Å². The summed E-state index contributed by atoms with van der Waals surface area (Å²) in [5.74, 6) is -0.0220. The standard InChI is InChI=1S/C16H24N4O3/c1-4-23-14(21)9-17-15(22)13-6-5-7-20(10-13)16-18-11(2)8-12(3)19-16/h8,13H,4-7,9-10H2,1-3H3,(H,17,22). The average Bonchev–Trinajstić information content (AvgIpc) is 2.52. The maximum absolute atomic E-state index is 12.2. The Morgan fingerprint density at radius 3 is 2.70 bits per heavy atom. The molecule has 0 radical (unpaired) electrons. The van der Waals surface area contributed by atoms with Crippen LogP contribution < -0.4 is 10.2 Å². The molecule has 2 rings (SSSR count). The minimum atomic E-state index is -0.411. The van der Waals surface area contributed by atoms with Crippen molar-refractivity contribution in [1.29, 1.82) is 0 Å². The Labute approximate surface area is 136 Å². The Morgan fingerprint density at radius 2 is 2.04 bits per heavy atom. The zero-order valence-electron chi connectivity index (χ0n) is 14.0. The third kappa shape index (κ3) is 4.91. The quantitative estimate of drug-likeness (QED) is 0.815. The second kappa shape index (κ2) is 7.89.